The Hall–Kier alpha value is -1.53. The van der Waals surface area contributed by atoms with Crippen molar-refractivity contribution in [2.75, 3.05) is 39.5 Å². The number of furan rings is 1. The normalized spacial score (nSPS) is 11.7. The summed E-state index contributed by atoms with van der Waals surface area (Å²) in [5.74, 6) is 1.71. The zero-order valence-electron chi connectivity index (χ0n) is 15.2. The summed E-state index contributed by atoms with van der Waals surface area (Å²) < 4.78 is 16.3. The molecular weight excluding hydrogens is 306 g/mol. The lowest BCUT2D eigenvalue weighted by molar-refractivity contribution is 0.105. The molecule has 0 spiro atoms. The number of hydrogen-bond donors (Lipinski definition) is 2. The molecule has 1 rings (SSSR count). The summed E-state index contributed by atoms with van der Waals surface area (Å²) in [5, 5.41) is 6.58. The van der Waals surface area contributed by atoms with Gasteiger partial charge in [0.1, 0.15) is 12.4 Å². The second kappa shape index (κ2) is 15.0. The first kappa shape index (κ1) is 20.5. The molecule has 0 bridgehead atoms. The third kappa shape index (κ3) is 11.1. The molecule has 0 radical (unpaired) electrons. The molecule has 0 aliphatic rings. The van der Waals surface area contributed by atoms with Gasteiger partial charge in [0, 0.05) is 39.5 Å². The van der Waals surface area contributed by atoms with Gasteiger partial charge in [-0.1, -0.05) is 13.3 Å². The van der Waals surface area contributed by atoms with Crippen LogP contribution < -0.4 is 10.6 Å². The quantitative estimate of drug-likeness (QED) is 0.310. The number of nitrogens with one attached hydrogen (secondary N) is 2. The van der Waals surface area contributed by atoms with Crippen LogP contribution in [0.15, 0.2) is 27.8 Å². The van der Waals surface area contributed by atoms with E-state index in [0.717, 1.165) is 63.8 Å². The van der Waals surface area contributed by atoms with Crippen LogP contribution in [-0.4, -0.2) is 45.4 Å². The number of ether oxygens (including phenoxy) is 2. The van der Waals surface area contributed by atoms with E-state index in [0.29, 0.717) is 13.2 Å². The molecule has 6 heteroatoms. The van der Waals surface area contributed by atoms with Crippen molar-refractivity contribution in [3.8, 4) is 0 Å². The van der Waals surface area contributed by atoms with Gasteiger partial charge in [0.15, 0.2) is 5.96 Å². The minimum atomic E-state index is 0.521. The molecule has 0 saturated heterocycles. The van der Waals surface area contributed by atoms with E-state index in [9.17, 15) is 0 Å². The number of guanidine groups is 1. The Balaban J connectivity index is 2.04. The number of rotatable bonds is 14. The Bertz CT molecular complexity index is 408. The van der Waals surface area contributed by atoms with Gasteiger partial charge in [-0.3, -0.25) is 4.99 Å². The lowest BCUT2D eigenvalue weighted by atomic mass is 10.4. The van der Waals surface area contributed by atoms with Crippen LogP contribution in [0.4, 0.5) is 0 Å². The second-order valence-electron chi connectivity index (χ2n) is 5.49. The van der Waals surface area contributed by atoms with Crippen molar-refractivity contribution in [1.82, 2.24) is 10.6 Å². The average molecular weight is 339 g/mol. The summed E-state index contributed by atoms with van der Waals surface area (Å²) in [6, 6.07) is 3.78. The zero-order chi connectivity index (χ0) is 17.3. The molecule has 0 unspecified atom stereocenters. The fourth-order valence-corrected chi connectivity index (χ4v) is 2.00. The molecule has 0 fully saturated rings. The molecule has 1 aromatic rings. The molecule has 1 aromatic heterocycles. The average Bonchev–Trinajstić information content (AvgIpc) is 3.10. The van der Waals surface area contributed by atoms with Gasteiger partial charge in [-0.2, -0.15) is 0 Å². The molecule has 0 aromatic carbocycles. The minimum Gasteiger partial charge on any atom is -0.467 e. The molecule has 0 aliphatic carbocycles. The van der Waals surface area contributed by atoms with Crippen LogP contribution in [0.5, 0.6) is 0 Å². The smallest absolute Gasteiger partial charge is 0.191 e. The first-order chi connectivity index (χ1) is 11.9. The summed E-state index contributed by atoms with van der Waals surface area (Å²) >= 11 is 0. The van der Waals surface area contributed by atoms with Crippen LogP contribution in [0.25, 0.3) is 0 Å². The Morgan fingerprint density at radius 3 is 2.67 bits per heavy atom. The monoisotopic (exact) mass is 339 g/mol. The highest BCUT2D eigenvalue weighted by Gasteiger charge is 1.98. The van der Waals surface area contributed by atoms with Crippen LogP contribution in [0.3, 0.4) is 0 Å². The van der Waals surface area contributed by atoms with E-state index in [2.05, 4.69) is 29.5 Å². The van der Waals surface area contributed by atoms with Crippen molar-refractivity contribution < 1.29 is 13.9 Å². The van der Waals surface area contributed by atoms with E-state index < -0.39 is 0 Å². The first-order valence-corrected chi connectivity index (χ1v) is 9.06. The Morgan fingerprint density at radius 1 is 1.08 bits per heavy atom. The molecule has 24 heavy (non-hydrogen) atoms. The van der Waals surface area contributed by atoms with Crippen molar-refractivity contribution in [3.63, 3.8) is 0 Å². The predicted octanol–water partition coefficient (Wildman–Crippen LogP) is 2.95. The van der Waals surface area contributed by atoms with Crippen molar-refractivity contribution in [1.29, 1.82) is 0 Å². The van der Waals surface area contributed by atoms with Crippen LogP contribution >= 0.6 is 0 Å². The minimum absolute atomic E-state index is 0.521. The summed E-state index contributed by atoms with van der Waals surface area (Å²) in [6.07, 6.45) is 5.85. The molecule has 0 aliphatic heterocycles. The van der Waals surface area contributed by atoms with E-state index >= 15 is 0 Å². The van der Waals surface area contributed by atoms with Gasteiger partial charge in [0.25, 0.3) is 0 Å². The first-order valence-electron chi connectivity index (χ1n) is 9.06. The van der Waals surface area contributed by atoms with Gasteiger partial charge in [0.05, 0.1) is 6.26 Å². The predicted molar refractivity (Wildman–Crippen MR) is 97.3 cm³/mol. The molecule has 6 nitrogen and oxygen atoms in total. The van der Waals surface area contributed by atoms with E-state index in [1.807, 2.05) is 12.1 Å². The third-order valence-electron chi connectivity index (χ3n) is 3.29. The standard InChI is InChI=1S/C18H33N3O3/c1-3-5-12-22-13-7-10-20-18(19-4-2)21-11-8-14-23-16-17-9-6-15-24-17/h6,9,15H,3-5,7-8,10-14,16H2,1-2H3,(H2,19,20,21). The van der Waals surface area contributed by atoms with Gasteiger partial charge in [-0.25, -0.2) is 0 Å². The third-order valence-corrected chi connectivity index (χ3v) is 3.29. The highest BCUT2D eigenvalue weighted by molar-refractivity contribution is 5.79. The van der Waals surface area contributed by atoms with Gasteiger partial charge in [-0.05, 0) is 38.3 Å². The van der Waals surface area contributed by atoms with E-state index in [-0.39, 0.29) is 0 Å². The van der Waals surface area contributed by atoms with E-state index in [1.165, 1.54) is 6.42 Å². The Morgan fingerprint density at radius 2 is 1.92 bits per heavy atom. The molecule has 0 saturated carbocycles. The topological polar surface area (TPSA) is 68.0 Å². The van der Waals surface area contributed by atoms with Crippen LogP contribution in [0.1, 0.15) is 45.3 Å². The summed E-state index contributed by atoms with van der Waals surface area (Å²) in [6.45, 7) is 9.56. The number of nitrogens with zero attached hydrogens (tertiary/aromatic N) is 1. The van der Waals surface area contributed by atoms with Crippen LogP contribution in [0, 0.1) is 0 Å². The van der Waals surface area contributed by atoms with Crippen LogP contribution in [-0.2, 0) is 16.1 Å². The van der Waals surface area contributed by atoms with Crippen molar-refractivity contribution in [2.24, 2.45) is 4.99 Å². The molecule has 1 heterocycles. The lowest BCUT2D eigenvalue weighted by Gasteiger charge is -2.11. The maximum absolute atomic E-state index is 5.55. The fourth-order valence-electron chi connectivity index (χ4n) is 2.00. The summed E-state index contributed by atoms with van der Waals surface area (Å²) in [5.41, 5.74) is 0. The van der Waals surface area contributed by atoms with Crippen molar-refractivity contribution in [3.05, 3.63) is 24.2 Å². The fraction of sp³-hybridized carbons (Fsp3) is 0.722. The largest absolute Gasteiger partial charge is 0.467 e. The number of unbranched alkanes of at least 4 members (excludes halogenated alkanes) is 1. The van der Waals surface area contributed by atoms with Gasteiger partial charge in [-0.15, -0.1) is 0 Å². The highest BCUT2D eigenvalue weighted by atomic mass is 16.5. The van der Waals surface area contributed by atoms with Crippen LogP contribution in [0.2, 0.25) is 0 Å². The van der Waals surface area contributed by atoms with Gasteiger partial charge >= 0.3 is 0 Å². The SMILES string of the molecule is CCCCOCCCNC(=NCCCOCc1ccco1)NCC. The molecule has 0 atom stereocenters. The lowest BCUT2D eigenvalue weighted by Crippen LogP contribution is -2.38. The maximum atomic E-state index is 5.55. The summed E-state index contributed by atoms with van der Waals surface area (Å²) in [7, 11) is 0. The molecule has 0 amide bonds. The highest BCUT2D eigenvalue weighted by Crippen LogP contribution is 2.01. The van der Waals surface area contributed by atoms with Crippen molar-refractivity contribution in [2.45, 2.75) is 46.1 Å². The van der Waals surface area contributed by atoms with Gasteiger partial charge < -0.3 is 24.5 Å². The molecular formula is C18H33N3O3. The molecule has 138 valence electrons. The number of aliphatic imine (C=N–C) groups is 1. The Labute approximate surface area is 146 Å². The van der Waals surface area contributed by atoms with E-state index in [4.69, 9.17) is 13.9 Å². The van der Waals surface area contributed by atoms with E-state index in [1.54, 1.807) is 6.26 Å². The maximum Gasteiger partial charge on any atom is 0.191 e. The van der Waals surface area contributed by atoms with Gasteiger partial charge in [0.2, 0.25) is 0 Å². The zero-order valence-corrected chi connectivity index (χ0v) is 15.2. The second-order valence-corrected chi connectivity index (χ2v) is 5.49. The van der Waals surface area contributed by atoms with Crippen molar-refractivity contribution >= 4 is 5.96 Å². The summed E-state index contributed by atoms with van der Waals surface area (Å²) in [4.78, 5) is 4.55. The Kier molecular flexibility index (Phi) is 12.8. The molecule has 2 N–H and O–H groups in total. The number of hydrogen-bond acceptors (Lipinski definition) is 4.